The largest absolute Gasteiger partial charge is 0.463 e. The zero-order chi connectivity index (χ0) is 18.0. The molecule has 3 aliphatic rings. The van der Waals surface area contributed by atoms with Gasteiger partial charge in [0.1, 0.15) is 11.2 Å². The van der Waals surface area contributed by atoms with Crippen molar-refractivity contribution in [3.63, 3.8) is 0 Å². The summed E-state index contributed by atoms with van der Waals surface area (Å²) in [5.74, 6) is -1.32. The summed E-state index contributed by atoms with van der Waals surface area (Å²) >= 11 is 0. The van der Waals surface area contributed by atoms with Gasteiger partial charge in [-0.2, -0.15) is 0 Å². The fraction of sp³-hybridized carbons (Fsp3) is 0.381. The number of aliphatic hydroxyl groups is 2. The van der Waals surface area contributed by atoms with Crippen LogP contribution in [0.4, 0.5) is 0 Å². The minimum atomic E-state index is -1.49. The van der Waals surface area contributed by atoms with Crippen LogP contribution in [0, 0.1) is 12.8 Å². The number of hydrogen-bond donors (Lipinski definition) is 2. The van der Waals surface area contributed by atoms with E-state index in [0.29, 0.717) is 22.3 Å². The maximum absolute atomic E-state index is 12.7. The number of esters is 1. The van der Waals surface area contributed by atoms with Crippen molar-refractivity contribution in [3.05, 3.63) is 70.3 Å². The third-order valence-electron chi connectivity index (χ3n) is 5.45. The molecule has 0 heterocycles. The summed E-state index contributed by atoms with van der Waals surface area (Å²) in [4.78, 5) is 12.7. The molecule has 3 atom stereocenters. The van der Waals surface area contributed by atoms with Crippen molar-refractivity contribution in [2.75, 3.05) is 0 Å². The number of fused-ring (bicyclic) bond motifs is 1. The van der Waals surface area contributed by atoms with Gasteiger partial charge in [-0.1, -0.05) is 48.0 Å². The van der Waals surface area contributed by atoms with E-state index in [-0.39, 0.29) is 12.5 Å². The van der Waals surface area contributed by atoms with E-state index in [9.17, 15) is 15.0 Å². The Morgan fingerprint density at radius 1 is 1.08 bits per heavy atom. The second-order valence-electron chi connectivity index (χ2n) is 7.46. The van der Waals surface area contributed by atoms with Crippen LogP contribution in [0.25, 0.3) is 0 Å². The second kappa shape index (κ2) is 5.16. The molecule has 5 rings (SSSR count). The van der Waals surface area contributed by atoms with Crippen LogP contribution < -0.4 is 0 Å². The first-order valence-electron chi connectivity index (χ1n) is 8.65. The van der Waals surface area contributed by atoms with Gasteiger partial charge in [0.25, 0.3) is 0 Å². The standard InChI is InChI=1S/C21H22O4/c1-12(2)25-19(22)18-11-20(23)14-6-4-5-7-15(14)21(18,24)16-9-8-13(3)10-17(16)20/h4-10,12,18,23-24H,11H2,1-3H3. The normalized spacial score (nSPS) is 29.3. The zero-order valence-corrected chi connectivity index (χ0v) is 14.6. The molecule has 2 aromatic rings. The van der Waals surface area contributed by atoms with Gasteiger partial charge in [-0.15, -0.1) is 0 Å². The lowest BCUT2D eigenvalue weighted by molar-refractivity contribution is -0.170. The molecular weight excluding hydrogens is 316 g/mol. The predicted octanol–water partition coefficient (Wildman–Crippen LogP) is 2.75. The van der Waals surface area contributed by atoms with E-state index in [0.717, 1.165) is 5.56 Å². The molecule has 4 nitrogen and oxygen atoms in total. The number of benzene rings is 2. The number of carbonyl (C=O) groups excluding carboxylic acids is 1. The van der Waals surface area contributed by atoms with Crippen molar-refractivity contribution >= 4 is 5.97 Å². The van der Waals surface area contributed by atoms with E-state index in [1.807, 2.05) is 43.3 Å². The average molecular weight is 338 g/mol. The third kappa shape index (κ3) is 2.04. The lowest BCUT2D eigenvalue weighted by Gasteiger charge is -2.54. The summed E-state index contributed by atoms with van der Waals surface area (Å²) in [5, 5.41) is 23.4. The summed E-state index contributed by atoms with van der Waals surface area (Å²) in [5.41, 5.74) is 0.745. The Bertz CT molecular complexity index is 872. The lowest BCUT2D eigenvalue weighted by Crippen LogP contribution is -2.57. The maximum atomic E-state index is 12.7. The fourth-order valence-electron chi connectivity index (χ4n) is 4.41. The zero-order valence-electron chi connectivity index (χ0n) is 14.6. The van der Waals surface area contributed by atoms with Crippen LogP contribution in [0.1, 0.15) is 48.1 Å². The summed E-state index contributed by atoms with van der Waals surface area (Å²) in [6.45, 7) is 5.51. The van der Waals surface area contributed by atoms with Crippen LogP contribution in [0.15, 0.2) is 42.5 Å². The SMILES string of the molecule is Cc1ccc2c(c1)C1(O)CC(C(=O)OC(C)C)C2(O)c2ccccc21. The van der Waals surface area contributed by atoms with Crippen LogP contribution in [-0.4, -0.2) is 22.3 Å². The first kappa shape index (κ1) is 16.3. The topological polar surface area (TPSA) is 66.8 Å². The molecule has 0 radical (unpaired) electrons. The van der Waals surface area contributed by atoms with Crippen LogP contribution in [0.2, 0.25) is 0 Å². The molecule has 130 valence electrons. The molecular formula is C21H22O4. The molecule has 3 unspecified atom stereocenters. The number of carbonyl (C=O) groups is 1. The predicted molar refractivity (Wildman–Crippen MR) is 93.0 cm³/mol. The number of hydrogen-bond acceptors (Lipinski definition) is 4. The molecule has 25 heavy (non-hydrogen) atoms. The molecule has 0 saturated carbocycles. The molecule has 0 fully saturated rings. The molecule has 2 N–H and O–H groups in total. The quantitative estimate of drug-likeness (QED) is 0.827. The molecule has 2 aromatic carbocycles. The first-order valence-corrected chi connectivity index (χ1v) is 8.65. The smallest absolute Gasteiger partial charge is 0.312 e. The molecule has 2 bridgehead atoms. The van der Waals surface area contributed by atoms with E-state index in [1.165, 1.54) is 0 Å². The summed E-state index contributed by atoms with van der Waals surface area (Å²) in [6.07, 6.45) is -0.165. The molecule has 0 aliphatic heterocycles. The van der Waals surface area contributed by atoms with E-state index < -0.39 is 23.1 Å². The summed E-state index contributed by atoms with van der Waals surface area (Å²) in [7, 11) is 0. The molecule has 3 aliphatic carbocycles. The minimum absolute atomic E-state index is 0.114. The van der Waals surface area contributed by atoms with E-state index in [2.05, 4.69) is 0 Å². The van der Waals surface area contributed by atoms with Crippen LogP contribution in [-0.2, 0) is 20.7 Å². The van der Waals surface area contributed by atoms with Gasteiger partial charge in [0.05, 0.1) is 12.0 Å². The van der Waals surface area contributed by atoms with Crippen molar-refractivity contribution in [2.24, 2.45) is 5.92 Å². The lowest BCUT2D eigenvalue weighted by atomic mass is 9.54. The van der Waals surface area contributed by atoms with E-state index >= 15 is 0 Å². The van der Waals surface area contributed by atoms with Crippen LogP contribution in [0.5, 0.6) is 0 Å². The van der Waals surface area contributed by atoms with Gasteiger partial charge in [-0.05, 0) is 43.0 Å². The number of rotatable bonds is 2. The van der Waals surface area contributed by atoms with E-state index in [1.54, 1.807) is 19.9 Å². The molecule has 0 saturated heterocycles. The highest BCUT2D eigenvalue weighted by atomic mass is 16.5. The number of aryl methyl sites for hydroxylation is 1. The van der Waals surface area contributed by atoms with E-state index in [4.69, 9.17) is 4.74 Å². The Hall–Kier alpha value is -2.17. The van der Waals surface area contributed by atoms with Gasteiger partial charge >= 0.3 is 5.97 Å². The third-order valence-corrected chi connectivity index (χ3v) is 5.45. The van der Waals surface area contributed by atoms with Gasteiger partial charge in [-0.3, -0.25) is 4.79 Å². The molecule has 0 spiro atoms. The Morgan fingerprint density at radius 3 is 2.40 bits per heavy atom. The van der Waals surface area contributed by atoms with Gasteiger partial charge < -0.3 is 14.9 Å². The van der Waals surface area contributed by atoms with Crippen molar-refractivity contribution in [1.29, 1.82) is 0 Å². The summed E-state index contributed by atoms with van der Waals surface area (Å²) < 4.78 is 5.40. The Kier molecular flexibility index (Phi) is 3.37. The first-order chi connectivity index (χ1) is 11.8. The Morgan fingerprint density at radius 2 is 1.72 bits per heavy atom. The molecule has 0 aromatic heterocycles. The van der Waals surface area contributed by atoms with Crippen molar-refractivity contribution in [2.45, 2.75) is 44.5 Å². The van der Waals surface area contributed by atoms with Crippen molar-refractivity contribution < 1.29 is 19.7 Å². The highest BCUT2D eigenvalue weighted by molar-refractivity contribution is 5.79. The molecule has 4 heteroatoms. The van der Waals surface area contributed by atoms with Crippen molar-refractivity contribution in [3.8, 4) is 0 Å². The van der Waals surface area contributed by atoms with Gasteiger partial charge in [-0.25, -0.2) is 0 Å². The van der Waals surface area contributed by atoms with Gasteiger partial charge in [0.2, 0.25) is 0 Å². The maximum Gasteiger partial charge on any atom is 0.312 e. The monoisotopic (exact) mass is 338 g/mol. The highest BCUT2D eigenvalue weighted by Gasteiger charge is 2.62. The average Bonchev–Trinajstić information content (AvgIpc) is 2.56. The minimum Gasteiger partial charge on any atom is -0.463 e. The molecule has 0 amide bonds. The second-order valence-corrected chi connectivity index (χ2v) is 7.46. The Labute approximate surface area is 147 Å². The highest BCUT2D eigenvalue weighted by Crippen LogP contribution is 2.59. The summed E-state index contributed by atoms with van der Waals surface area (Å²) in [6, 6.07) is 12.9. The van der Waals surface area contributed by atoms with Gasteiger partial charge in [0, 0.05) is 6.42 Å². The van der Waals surface area contributed by atoms with Crippen LogP contribution in [0.3, 0.4) is 0 Å². The van der Waals surface area contributed by atoms with Gasteiger partial charge in [0.15, 0.2) is 0 Å². The van der Waals surface area contributed by atoms with Crippen molar-refractivity contribution in [1.82, 2.24) is 0 Å². The fourth-order valence-corrected chi connectivity index (χ4v) is 4.41. The van der Waals surface area contributed by atoms with Crippen LogP contribution >= 0.6 is 0 Å². The Balaban J connectivity index is 1.99. The number of ether oxygens (including phenoxy) is 1.